The molecule has 1 aliphatic heterocycles. The topological polar surface area (TPSA) is 63.7 Å². The first-order valence-electron chi connectivity index (χ1n) is 10.6. The largest absolute Gasteiger partial charge is 0.444 e. The molecule has 3 aliphatic rings. The Kier molecular flexibility index (Phi) is 4.96. The van der Waals surface area contributed by atoms with Gasteiger partial charge in [-0.15, -0.1) is 0 Å². The highest BCUT2D eigenvalue weighted by Crippen LogP contribution is 2.64. The van der Waals surface area contributed by atoms with E-state index in [2.05, 4.69) is 15.9 Å². The predicted octanol–water partition coefficient (Wildman–Crippen LogP) is 5.10. The lowest BCUT2D eigenvalue weighted by Crippen LogP contribution is -2.68. The average molecular weight is 476 g/mol. The molecule has 1 saturated heterocycles. The number of carbonyl (C=O) groups excluding carboxylic acids is 3. The second-order valence-electron chi connectivity index (χ2n) is 10.9. The number of hydrogen-bond acceptors (Lipinski definition) is 4. The first kappa shape index (κ1) is 21.5. The number of ether oxygens (including phenoxy) is 1. The molecule has 1 aromatic carbocycles. The van der Waals surface area contributed by atoms with Crippen molar-refractivity contribution in [3.8, 4) is 0 Å². The van der Waals surface area contributed by atoms with Crippen molar-refractivity contribution in [2.45, 2.75) is 71.8 Å². The Balaban J connectivity index is 1.41. The minimum atomic E-state index is -0.625. The number of amides is 1. The van der Waals surface area contributed by atoms with Crippen LogP contribution in [0.15, 0.2) is 16.6 Å². The molecule has 1 amide bonds. The number of benzene rings is 1. The number of carbonyl (C=O) groups is 3. The summed E-state index contributed by atoms with van der Waals surface area (Å²) in [4.78, 5) is 40.2. The van der Waals surface area contributed by atoms with E-state index in [9.17, 15) is 14.4 Å². The summed E-state index contributed by atoms with van der Waals surface area (Å²) in [5, 5.41) is 0. The van der Waals surface area contributed by atoms with E-state index in [0.717, 1.165) is 34.0 Å². The normalized spacial score (nSPS) is 22.8. The molecule has 0 radical (unpaired) electrons. The van der Waals surface area contributed by atoms with Gasteiger partial charge in [-0.05, 0) is 81.7 Å². The van der Waals surface area contributed by atoms with E-state index in [4.69, 9.17) is 4.74 Å². The Labute approximate surface area is 186 Å². The molecule has 30 heavy (non-hydrogen) atoms. The quantitative estimate of drug-likeness (QED) is 0.530. The number of hydrogen-bond donors (Lipinski definition) is 0. The molecular weight excluding hydrogens is 446 g/mol. The maximum atomic E-state index is 13.1. The molecule has 0 N–H and O–H groups in total. The number of rotatable bonds is 1. The van der Waals surface area contributed by atoms with Crippen molar-refractivity contribution in [2.24, 2.45) is 10.8 Å². The van der Waals surface area contributed by atoms with E-state index in [1.54, 1.807) is 4.90 Å². The summed E-state index contributed by atoms with van der Waals surface area (Å²) in [6.07, 6.45) is 2.36. The summed E-state index contributed by atoms with van der Waals surface area (Å²) < 4.78 is 6.41. The molecular formula is C24H30BrNO4. The highest BCUT2D eigenvalue weighted by atomic mass is 79.9. The minimum absolute atomic E-state index is 0.0537. The van der Waals surface area contributed by atoms with Gasteiger partial charge in [-0.2, -0.15) is 0 Å². The molecule has 0 bridgehead atoms. The van der Waals surface area contributed by atoms with Gasteiger partial charge in [0.1, 0.15) is 23.1 Å². The third-order valence-corrected chi connectivity index (χ3v) is 7.25. The first-order valence-corrected chi connectivity index (χ1v) is 11.4. The van der Waals surface area contributed by atoms with Crippen LogP contribution in [0.25, 0.3) is 0 Å². The monoisotopic (exact) mass is 475 g/mol. The molecule has 6 heteroatoms. The summed E-state index contributed by atoms with van der Waals surface area (Å²) in [5.41, 5.74) is 2.22. The highest BCUT2D eigenvalue weighted by molar-refractivity contribution is 9.10. The Hall–Kier alpha value is -1.69. The Morgan fingerprint density at radius 2 is 1.53 bits per heavy atom. The Morgan fingerprint density at radius 3 is 2.00 bits per heavy atom. The van der Waals surface area contributed by atoms with E-state index in [-0.39, 0.29) is 28.5 Å². The Bertz CT molecular complexity index is 888. The van der Waals surface area contributed by atoms with Gasteiger partial charge >= 0.3 is 6.09 Å². The van der Waals surface area contributed by atoms with Gasteiger partial charge in [0, 0.05) is 35.8 Å². The number of Topliss-reactive ketones (excluding diaryl/α,β-unsaturated/α-hetero) is 2. The van der Waals surface area contributed by atoms with Crippen LogP contribution in [-0.4, -0.2) is 41.3 Å². The first-order chi connectivity index (χ1) is 13.8. The smallest absolute Gasteiger partial charge is 0.410 e. The molecule has 1 aromatic rings. The second kappa shape index (κ2) is 6.91. The molecule has 2 aliphatic carbocycles. The van der Waals surface area contributed by atoms with Gasteiger partial charge in [-0.3, -0.25) is 9.59 Å². The number of likely N-dealkylation sites (tertiary alicyclic amines) is 1. The minimum Gasteiger partial charge on any atom is -0.444 e. The number of aryl methyl sites for hydroxylation is 2. The van der Waals surface area contributed by atoms with Crippen LogP contribution in [-0.2, 0) is 14.3 Å². The second-order valence-corrected chi connectivity index (χ2v) is 11.8. The van der Waals surface area contributed by atoms with Gasteiger partial charge in [0.05, 0.1) is 0 Å². The maximum absolute atomic E-state index is 13.1. The summed E-state index contributed by atoms with van der Waals surface area (Å²) >= 11 is 3.49. The van der Waals surface area contributed by atoms with Crippen LogP contribution in [0.5, 0.6) is 0 Å². The third-order valence-electron chi connectivity index (χ3n) is 6.79. The maximum Gasteiger partial charge on any atom is 0.410 e. The van der Waals surface area contributed by atoms with Gasteiger partial charge < -0.3 is 9.64 Å². The van der Waals surface area contributed by atoms with Crippen molar-refractivity contribution in [3.05, 3.63) is 33.3 Å². The summed E-state index contributed by atoms with van der Waals surface area (Å²) in [6.45, 7) is 10.9. The van der Waals surface area contributed by atoms with Crippen molar-refractivity contribution in [1.82, 2.24) is 4.90 Å². The zero-order valence-corrected chi connectivity index (χ0v) is 20.0. The summed E-state index contributed by atoms with van der Waals surface area (Å²) in [6, 6.07) is 3.95. The van der Waals surface area contributed by atoms with Crippen molar-refractivity contribution in [2.75, 3.05) is 13.1 Å². The van der Waals surface area contributed by atoms with Crippen molar-refractivity contribution in [1.29, 1.82) is 0 Å². The number of halogens is 1. The molecule has 0 atom stereocenters. The van der Waals surface area contributed by atoms with Crippen LogP contribution in [0.2, 0.25) is 0 Å². The molecule has 0 aromatic heterocycles. The molecule has 162 valence electrons. The summed E-state index contributed by atoms with van der Waals surface area (Å²) in [5.74, 6) is -0.518. The Morgan fingerprint density at radius 1 is 1.03 bits per heavy atom. The lowest BCUT2D eigenvalue weighted by atomic mass is 9.45. The molecule has 2 saturated carbocycles. The number of nitrogens with zero attached hydrogens (tertiary/aromatic N) is 1. The van der Waals surface area contributed by atoms with Crippen LogP contribution in [0.1, 0.15) is 69.1 Å². The number of ketones is 2. The molecule has 4 rings (SSSR count). The fourth-order valence-electron chi connectivity index (χ4n) is 6.12. The van der Waals surface area contributed by atoms with Crippen molar-refractivity contribution < 1.29 is 19.1 Å². The molecule has 2 spiro atoms. The van der Waals surface area contributed by atoms with E-state index in [1.807, 2.05) is 46.8 Å². The van der Waals surface area contributed by atoms with E-state index < -0.39 is 11.5 Å². The third kappa shape index (κ3) is 3.72. The van der Waals surface area contributed by atoms with E-state index >= 15 is 0 Å². The van der Waals surface area contributed by atoms with Crippen LogP contribution >= 0.6 is 15.9 Å². The zero-order valence-electron chi connectivity index (χ0n) is 18.4. The van der Waals surface area contributed by atoms with Gasteiger partial charge in [0.2, 0.25) is 0 Å². The van der Waals surface area contributed by atoms with Gasteiger partial charge in [0.15, 0.2) is 0 Å². The molecule has 1 heterocycles. The van der Waals surface area contributed by atoms with E-state index in [0.29, 0.717) is 25.9 Å². The van der Waals surface area contributed by atoms with Crippen molar-refractivity contribution in [3.63, 3.8) is 0 Å². The lowest BCUT2D eigenvalue weighted by molar-refractivity contribution is -0.166. The summed E-state index contributed by atoms with van der Waals surface area (Å²) in [7, 11) is 0. The van der Waals surface area contributed by atoms with Crippen LogP contribution in [0.3, 0.4) is 0 Å². The van der Waals surface area contributed by atoms with Crippen molar-refractivity contribution >= 4 is 33.6 Å². The standard InChI is InChI=1S/C24H30BrNO4/c1-14-6-16(25)7-15(2)19(14)20-17(27)8-23(9-18(20)28)10-24(11-23)12-26(13-24)21(29)30-22(3,4)5/h6-7,20H,8-13H2,1-5H3. The molecule has 5 nitrogen and oxygen atoms in total. The van der Waals surface area contributed by atoms with Gasteiger partial charge in [-0.1, -0.05) is 15.9 Å². The zero-order chi connectivity index (χ0) is 22.1. The van der Waals surface area contributed by atoms with E-state index in [1.165, 1.54) is 0 Å². The molecule has 3 fully saturated rings. The SMILES string of the molecule is Cc1cc(Br)cc(C)c1C1C(=O)CC2(CC1=O)CC1(CN(C(=O)OC(C)(C)C)C1)C2. The average Bonchev–Trinajstić information content (AvgIpc) is 2.49. The van der Waals surface area contributed by atoms with Gasteiger partial charge in [0.25, 0.3) is 0 Å². The highest BCUT2D eigenvalue weighted by Gasteiger charge is 2.63. The van der Waals surface area contributed by atoms with Crippen LogP contribution in [0.4, 0.5) is 4.79 Å². The fourth-order valence-corrected chi connectivity index (χ4v) is 6.80. The predicted molar refractivity (Wildman–Crippen MR) is 118 cm³/mol. The van der Waals surface area contributed by atoms with Crippen LogP contribution in [0, 0.1) is 24.7 Å². The van der Waals surface area contributed by atoms with Crippen LogP contribution < -0.4 is 0 Å². The van der Waals surface area contributed by atoms with Gasteiger partial charge in [-0.25, -0.2) is 4.79 Å². The lowest BCUT2D eigenvalue weighted by Gasteiger charge is -2.65. The fraction of sp³-hybridized carbons (Fsp3) is 0.625. The molecule has 0 unspecified atom stereocenters.